The van der Waals surface area contributed by atoms with Crippen LogP contribution in [0, 0.1) is 0 Å². The lowest BCUT2D eigenvalue weighted by Gasteiger charge is -2.00. The Bertz CT molecular complexity index is 178. The second-order valence-electron chi connectivity index (χ2n) is 2.83. The van der Waals surface area contributed by atoms with Crippen LogP contribution in [-0.2, 0) is 0 Å². The fourth-order valence-corrected chi connectivity index (χ4v) is 1.25. The normalized spacial score (nSPS) is 18.7. The van der Waals surface area contributed by atoms with Crippen molar-refractivity contribution in [2.75, 3.05) is 6.54 Å². The van der Waals surface area contributed by atoms with E-state index in [1.54, 1.807) is 6.08 Å². The first kappa shape index (κ1) is 8.47. The van der Waals surface area contributed by atoms with Gasteiger partial charge in [0.1, 0.15) is 0 Å². The van der Waals surface area contributed by atoms with E-state index in [9.17, 15) is 4.39 Å². The van der Waals surface area contributed by atoms with Crippen molar-refractivity contribution >= 4 is 0 Å². The van der Waals surface area contributed by atoms with Gasteiger partial charge in [-0.3, -0.25) is 0 Å². The van der Waals surface area contributed by atoms with Crippen LogP contribution in [0.15, 0.2) is 23.6 Å². The minimum absolute atomic E-state index is 0.00276. The molecule has 1 rings (SSSR count). The van der Waals surface area contributed by atoms with Crippen molar-refractivity contribution in [3.05, 3.63) is 23.6 Å². The number of hydrogen-bond donors (Lipinski definition) is 1. The average Bonchev–Trinajstić information content (AvgIpc) is 2.17. The molecule has 2 heteroatoms. The molecule has 0 radical (unpaired) electrons. The molecule has 1 aliphatic carbocycles. The maximum atomic E-state index is 12.6. The van der Waals surface area contributed by atoms with Crippen LogP contribution in [0.1, 0.15) is 25.7 Å². The van der Waals surface area contributed by atoms with Crippen LogP contribution in [0.4, 0.5) is 4.39 Å². The second kappa shape index (κ2) is 4.29. The van der Waals surface area contributed by atoms with E-state index in [4.69, 9.17) is 5.73 Å². The fourth-order valence-electron chi connectivity index (χ4n) is 1.25. The zero-order valence-corrected chi connectivity index (χ0v) is 6.65. The van der Waals surface area contributed by atoms with Crippen LogP contribution in [0.5, 0.6) is 0 Å². The van der Waals surface area contributed by atoms with Gasteiger partial charge in [-0.05, 0) is 38.3 Å². The molecular weight excluding hydrogens is 141 g/mol. The van der Waals surface area contributed by atoms with E-state index in [0.717, 1.165) is 19.3 Å². The molecule has 0 aromatic rings. The highest BCUT2D eigenvalue weighted by Gasteiger charge is 2.02. The van der Waals surface area contributed by atoms with E-state index in [-0.39, 0.29) is 5.83 Å². The maximum Gasteiger partial charge on any atom is 0.0999 e. The summed E-state index contributed by atoms with van der Waals surface area (Å²) in [4.78, 5) is 0. The molecule has 0 fully saturated rings. The number of halogens is 1. The van der Waals surface area contributed by atoms with Gasteiger partial charge in [0.15, 0.2) is 0 Å². The minimum atomic E-state index is -0.00276. The Balaban J connectivity index is 2.52. The monoisotopic (exact) mass is 155 g/mol. The van der Waals surface area contributed by atoms with Gasteiger partial charge >= 0.3 is 0 Å². The number of nitrogens with two attached hydrogens (primary N) is 1. The maximum absolute atomic E-state index is 12.6. The molecule has 0 atom stereocenters. The molecular formula is C9H14FN. The van der Waals surface area contributed by atoms with Gasteiger partial charge in [0.2, 0.25) is 0 Å². The van der Waals surface area contributed by atoms with Crippen molar-refractivity contribution in [2.24, 2.45) is 5.73 Å². The third kappa shape index (κ3) is 2.85. The van der Waals surface area contributed by atoms with Gasteiger partial charge in [0.05, 0.1) is 5.83 Å². The molecule has 0 bridgehead atoms. The summed E-state index contributed by atoms with van der Waals surface area (Å²) in [6.07, 6.45) is 6.86. The van der Waals surface area contributed by atoms with E-state index in [0.29, 0.717) is 13.0 Å². The lowest BCUT2D eigenvalue weighted by molar-refractivity contribution is 0.576. The van der Waals surface area contributed by atoms with Crippen LogP contribution >= 0.6 is 0 Å². The zero-order chi connectivity index (χ0) is 8.10. The smallest absolute Gasteiger partial charge is 0.0999 e. The molecule has 0 saturated carbocycles. The molecule has 0 heterocycles. The predicted octanol–water partition coefficient (Wildman–Crippen LogP) is 2.30. The number of hydrogen-bond acceptors (Lipinski definition) is 1. The first-order valence-corrected chi connectivity index (χ1v) is 4.07. The summed E-state index contributed by atoms with van der Waals surface area (Å²) in [5.41, 5.74) is 6.67. The third-order valence-corrected chi connectivity index (χ3v) is 1.88. The van der Waals surface area contributed by atoms with Crippen LogP contribution in [-0.4, -0.2) is 6.54 Å². The summed E-state index contributed by atoms with van der Waals surface area (Å²) in [5.74, 6) is -0.00276. The van der Waals surface area contributed by atoms with Crippen molar-refractivity contribution in [1.82, 2.24) is 0 Å². The third-order valence-electron chi connectivity index (χ3n) is 1.88. The Hall–Kier alpha value is -0.630. The molecule has 0 aliphatic heterocycles. The molecule has 2 N–H and O–H groups in total. The van der Waals surface area contributed by atoms with Crippen LogP contribution in [0.2, 0.25) is 0 Å². The molecule has 0 saturated heterocycles. The molecule has 0 amide bonds. The van der Waals surface area contributed by atoms with E-state index in [1.807, 2.05) is 6.08 Å². The molecule has 0 aromatic carbocycles. The summed E-state index contributed by atoms with van der Waals surface area (Å²) in [6, 6.07) is 0. The molecule has 0 spiro atoms. The van der Waals surface area contributed by atoms with Gasteiger partial charge in [0.25, 0.3) is 0 Å². The van der Waals surface area contributed by atoms with Crippen molar-refractivity contribution < 1.29 is 4.39 Å². The molecule has 1 nitrogen and oxygen atoms in total. The van der Waals surface area contributed by atoms with E-state index in [2.05, 4.69) is 0 Å². The quantitative estimate of drug-likeness (QED) is 0.650. The van der Waals surface area contributed by atoms with E-state index < -0.39 is 0 Å². The lowest BCUT2D eigenvalue weighted by Crippen LogP contribution is -1.99. The van der Waals surface area contributed by atoms with Gasteiger partial charge in [-0.1, -0.05) is 11.6 Å². The van der Waals surface area contributed by atoms with Gasteiger partial charge in [-0.15, -0.1) is 0 Å². The molecule has 62 valence electrons. The largest absolute Gasteiger partial charge is 0.330 e. The Labute approximate surface area is 66.8 Å². The molecule has 11 heavy (non-hydrogen) atoms. The Morgan fingerprint density at radius 2 is 2.18 bits per heavy atom. The Morgan fingerprint density at radius 1 is 1.36 bits per heavy atom. The second-order valence-corrected chi connectivity index (χ2v) is 2.83. The minimum Gasteiger partial charge on any atom is -0.330 e. The summed E-state index contributed by atoms with van der Waals surface area (Å²) in [5, 5.41) is 0. The van der Waals surface area contributed by atoms with Crippen molar-refractivity contribution in [1.29, 1.82) is 0 Å². The highest BCUT2D eigenvalue weighted by molar-refractivity contribution is 5.17. The topological polar surface area (TPSA) is 26.0 Å². The van der Waals surface area contributed by atoms with Gasteiger partial charge in [0, 0.05) is 0 Å². The lowest BCUT2D eigenvalue weighted by atomic mass is 10.1. The summed E-state index contributed by atoms with van der Waals surface area (Å²) < 4.78 is 12.6. The van der Waals surface area contributed by atoms with E-state index in [1.165, 1.54) is 5.57 Å². The first-order valence-electron chi connectivity index (χ1n) is 4.07. The van der Waals surface area contributed by atoms with Gasteiger partial charge in [-0.2, -0.15) is 0 Å². The van der Waals surface area contributed by atoms with Gasteiger partial charge < -0.3 is 5.73 Å². The highest BCUT2D eigenvalue weighted by atomic mass is 19.1. The first-order chi connectivity index (χ1) is 5.33. The van der Waals surface area contributed by atoms with Crippen LogP contribution < -0.4 is 5.73 Å². The highest BCUT2D eigenvalue weighted by Crippen LogP contribution is 2.19. The van der Waals surface area contributed by atoms with E-state index >= 15 is 0 Å². The van der Waals surface area contributed by atoms with Crippen molar-refractivity contribution in [2.45, 2.75) is 25.7 Å². The standard InChI is InChI=1S/C9H14FN/c10-9-3-1-2-8(4-5-9)6-7-11/h4-5H,1-3,6-7,11H2. The Morgan fingerprint density at radius 3 is 2.91 bits per heavy atom. The van der Waals surface area contributed by atoms with Crippen LogP contribution in [0.3, 0.4) is 0 Å². The molecule has 1 aliphatic rings. The average molecular weight is 155 g/mol. The fraction of sp³-hybridized carbons (Fsp3) is 0.556. The van der Waals surface area contributed by atoms with Crippen molar-refractivity contribution in [3.63, 3.8) is 0 Å². The molecule has 0 unspecified atom stereocenters. The molecule has 0 aromatic heterocycles. The zero-order valence-electron chi connectivity index (χ0n) is 6.65. The predicted molar refractivity (Wildman–Crippen MR) is 44.8 cm³/mol. The number of allylic oxidation sites excluding steroid dienone is 3. The SMILES string of the molecule is NCCC1=CC=C(F)CCC1. The summed E-state index contributed by atoms with van der Waals surface area (Å²) in [7, 11) is 0. The van der Waals surface area contributed by atoms with Crippen molar-refractivity contribution in [3.8, 4) is 0 Å². The summed E-state index contributed by atoms with van der Waals surface area (Å²) in [6.45, 7) is 0.668. The van der Waals surface area contributed by atoms with Gasteiger partial charge in [-0.25, -0.2) is 4.39 Å². The summed E-state index contributed by atoms with van der Waals surface area (Å²) >= 11 is 0. The number of rotatable bonds is 2. The Kier molecular flexibility index (Phi) is 3.30. The van der Waals surface area contributed by atoms with Crippen LogP contribution in [0.25, 0.3) is 0 Å².